The zero-order valence-electron chi connectivity index (χ0n) is 15.7. The Kier molecular flexibility index (Phi) is 7.16. The van der Waals surface area contributed by atoms with Gasteiger partial charge in [-0.3, -0.25) is 10.1 Å². The van der Waals surface area contributed by atoms with E-state index in [1.165, 1.54) is 0 Å². The van der Waals surface area contributed by atoms with Gasteiger partial charge in [0.1, 0.15) is 5.75 Å². The molecule has 5 heteroatoms. The van der Waals surface area contributed by atoms with E-state index in [-0.39, 0.29) is 11.0 Å². The monoisotopic (exact) mass is 370 g/mol. The standard InChI is InChI=1S/C21H26N2O2S/c1-14(2)13-25-19-12-8-6-10-17(19)20(24)23-21(26)22-18-11-7-5-9-16(18)15(3)4/h5-12,14-15H,13H2,1-4H3,(H2,22,23,24,26). The predicted molar refractivity (Wildman–Crippen MR) is 111 cm³/mol. The molecule has 0 bridgehead atoms. The second-order valence-electron chi connectivity index (χ2n) is 6.85. The lowest BCUT2D eigenvalue weighted by molar-refractivity contribution is 0.0973. The largest absolute Gasteiger partial charge is 0.492 e. The molecular formula is C21H26N2O2S. The fourth-order valence-electron chi connectivity index (χ4n) is 2.47. The lowest BCUT2D eigenvalue weighted by Crippen LogP contribution is -2.34. The van der Waals surface area contributed by atoms with Crippen molar-refractivity contribution in [2.45, 2.75) is 33.6 Å². The van der Waals surface area contributed by atoms with Crippen LogP contribution in [0.4, 0.5) is 5.69 Å². The molecule has 2 aromatic rings. The molecule has 2 N–H and O–H groups in total. The highest BCUT2D eigenvalue weighted by Gasteiger charge is 2.15. The Morgan fingerprint density at radius 2 is 1.69 bits per heavy atom. The van der Waals surface area contributed by atoms with Crippen LogP contribution in [0.3, 0.4) is 0 Å². The first-order chi connectivity index (χ1) is 12.4. The van der Waals surface area contributed by atoms with Crippen LogP contribution in [0, 0.1) is 5.92 Å². The van der Waals surface area contributed by atoms with Gasteiger partial charge in [0.25, 0.3) is 5.91 Å². The van der Waals surface area contributed by atoms with E-state index in [2.05, 4.69) is 38.3 Å². The van der Waals surface area contributed by atoms with Gasteiger partial charge in [0.05, 0.1) is 12.2 Å². The average molecular weight is 371 g/mol. The van der Waals surface area contributed by atoms with E-state index in [0.717, 1.165) is 11.3 Å². The molecule has 4 nitrogen and oxygen atoms in total. The predicted octanol–water partition coefficient (Wildman–Crippen LogP) is 4.97. The smallest absolute Gasteiger partial charge is 0.261 e. The molecule has 0 saturated heterocycles. The maximum absolute atomic E-state index is 12.6. The summed E-state index contributed by atoms with van der Waals surface area (Å²) in [6.45, 7) is 8.91. The van der Waals surface area contributed by atoms with E-state index in [0.29, 0.717) is 29.8 Å². The van der Waals surface area contributed by atoms with Crippen LogP contribution < -0.4 is 15.4 Å². The van der Waals surface area contributed by atoms with Gasteiger partial charge in [0, 0.05) is 5.69 Å². The number of anilines is 1. The Balaban J connectivity index is 2.07. The number of thiocarbonyl (C=S) groups is 1. The molecule has 2 aromatic carbocycles. The van der Waals surface area contributed by atoms with E-state index in [9.17, 15) is 4.79 Å². The van der Waals surface area contributed by atoms with Gasteiger partial charge in [-0.05, 0) is 47.8 Å². The molecular weight excluding hydrogens is 344 g/mol. The van der Waals surface area contributed by atoms with E-state index in [4.69, 9.17) is 17.0 Å². The second-order valence-corrected chi connectivity index (χ2v) is 7.26. The molecule has 0 aliphatic carbocycles. The highest BCUT2D eigenvalue weighted by molar-refractivity contribution is 7.80. The number of rotatable bonds is 6. The first-order valence-electron chi connectivity index (χ1n) is 8.81. The fourth-order valence-corrected chi connectivity index (χ4v) is 2.68. The third-order valence-corrected chi connectivity index (χ3v) is 3.97. The Morgan fingerprint density at radius 1 is 1.04 bits per heavy atom. The average Bonchev–Trinajstić information content (AvgIpc) is 2.60. The molecule has 0 aliphatic heterocycles. The molecule has 2 rings (SSSR count). The third kappa shape index (κ3) is 5.56. The number of hydrogen-bond acceptors (Lipinski definition) is 3. The number of carbonyl (C=O) groups excluding carboxylic acids is 1. The van der Waals surface area contributed by atoms with Crippen LogP contribution in [0.5, 0.6) is 5.75 Å². The van der Waals surface area contributed by atoms with Crippen LogP contribution in [0.1, 0.15) is 49.5 Å². The molecule has 0 fully saturated rings. The third-order valence-electron chi connectivity index (χ3n) is 3.76. The van der Waals surface area contributed by atoms with Gasteiger partial charge in [0.2, 0.25) is 0 Å². The maximum atomic E-state index is 12.6. The topological polar surface area (TPSA) is 50.4 Å². The number of nitrogens with one attached hydrogen (secondary N) is 2. The van der Waals surface area contributed by atoms with Crippen molar-refractivity contribution >= 4 is 28.9 Å². The molecule has 138 valence electrons. The SMILES string of the molecule is CC(C)COc1ccccc1C(=O)NC(=S)Nc1ccccc1C(C)C. The summed E-state index contributed by atoms with van der Waals surface area (Å²) in [5, 5.41) is 6.13. The van der Waals surface area contributed by atoms with Crippen LogP contribution in [0.15, 0.2) is 48.5 Å². The van der Waals surface area contributed by atoms with Crippen molar-refractivity contribution in [3.63, 3.8) is 0 Å². The van der Waals surface area contributed by atoms with Gasteiger partial charge in [-0.15, -0.1) is 0 Å². The van der Waals surface area contributed by atoms with Crippen molar-refractivity contribution in [2.75, 3.05) is 11.9 Å². The normalized spacial score (nSPS) is 10.7. The molecule has 0 spiro atoms. The molecule has 0 unspecified atom stereocenters. The van der Waals surface area contributed by atoms with Crippen molar-refractivity contribution in [2.24, 2.45) is 5.92 Å². The molecule has 1 amide bonds. The van der Waals surface area contributed by atoms with Gasteiger partial charge >= 0.3 is 0 Å². The van der Waals surface area contributed by atoms with E-state index in [1.807, 2.05) is 36.4 Å². The molecule has 0 heterocycles. The maximum Gasteiger partial charge on any atom is 0.261 e. The van der Waals surface area contributed by atoms with Crippen LogP contribution in [0.25, 0.3) is 0 Å². The summed E-state index contributed by atoms with van der Waals surface area (Å²) >= 11 is 5.32. The Bertz CT molecular complexity index is 772. The summed E-state index contributed by atoms with van der Waals surface area (Å²) in [4.78, 5) is 12.6. The van der Waals surface area contributed by atoms with Crippen molar-refractivity contribution in [1.82, 2.24) is 5.32 Å². The number of ether oxygens (including phenoxy) is 1. The number of carbonyl (C=O) groups is 1. The van der Waals surface area contributed by atoms with Gasteiger partial charge < -0.3 is 10.1 Å². The minimum atomic E-state index is -0.288. The highest BCUT2D eigenvalue weighted by atomic mass is 32.1. The number of hydrogen-bond donors (Lipinski definition) is 2. The minimum absolute atomic E-state index is 0.266. The lowest BCUT2D eigenvalue weighted by Gasteiger charge is -2.16. The van der Waals surface area contributed by atoms with Gasteiger partial charge in [0.15, 0.2) is 5.11 Å². The van der Waals surface area contributed by atoms with Gasteiger partial charge in [-0.25, -0.2) is 0 Å². The van der Waals surface area contributed by atoms with Crippen LogP contribution in [-0.2, 0) is 0 Å². The minimum Gasteiger partial charge on any atom is -0.492 e. The molecule has 0 aliphatic rings. The van der Waals surface area contributed by atoms with Crippen molar-refractivity contribution in [3.8, 4) is 5.75 Å². The lowest BCUT2D eigenvalue weighted by atomic mass is 10.0. The summed E-state index contributed by atoms with van der Waals surface area (Å²) < 4.78 is 5.75. The summed E-state index contributed by atoms with van der Waals surface area (Å²) in [6, 6.07) is 15.1. The van der Waals surface area contributed by atoms with Crippen LogP contribution in [0.2, 0.25) is 0 Å². The van der Waals surface area contributed by atoms with Gasteiger partial charge in [-0.1, -0.05) is 58.0 Å². The number of benzene rings is 2. The molecule has 0 aromatic heterocycles. The quantitative estimate of drug-likeness (QED) is 0.705. The Labute approximate surface area is 161 Å². The molecule has 26 heavy (non-hydrogen) atoms. The second kappa shape index (κ2) is 9.34. The number of para-hydroxylation sites is 2. The van der Waals surface area contributed by atoms with Crippen molar-refractivity contribution < 1.29 is 9.53 Å². The fraction of sp³-hybridized carbons (Fsp3) is 0.333. The summed E-state index contributed by atoms with van der Waals surface area (Å²) in [7, 11) is 0. The Hall–Kier alpha value is -2.40. The molecule has 0 saturated carbocycles. The number of amides is 1. The first kappa shape index (κ1) is 19.9. The molecule has 0 atom stereocenters. The summed E-state index contributed by atoms with van der Waals surface area (Å²) in [6.07, 6.45) is 0. The summed E-state index contributed by atoms with van der Waals surface area (Å²) in [5.74, 6) is 0.997. The van der Waals surface area contributed by atoms with Crippen molar-refractivity contribution in [1.29, 1.82) is 0 Å². The van der Waals surface area contributed by atoms with Crippen LogP contribution >= 0.6 is 12.2 Å². The Morgan fingerprint density at radius 3 is 2.38 bits per heavy atom. The first-order valence-corrected chi connectivity index (χ1v) is 9.22. The zero-order valence-corrected chi connectivity index (χ0v) is 16.5. The zero-order chi connectivity index (χ0) is 19.1. The molecule has 0 radical (unpaired) electrons. The van der Waals surface area contributed by atoms with Crippen molar-refractivity contribution in [3.05, 3.63) is 59.7 Å². The summed E-state index contributed by atoms with van der Waals surface area (Å²) in [5.41, 5.74) is 2.51. The van der Waals surface area contributed by atoms with Gasteiger partial charge in [-0.2, -0.15) is 0 Å². The van der Waals surface area contributed by atoms with E-state index in [1.54, 1.807) is 12.1 Å². The highest BCUT2D eigenvalue weighted by Crippen LogP contribution is 2.24. The van der Waals surface area contributed by atoms with Crippen LogP contribution in [-0.4, -0.2) is 17.6 Å². The van der Waals surface area contributed by atoms with E-state index < -0.39 is 0 Å². The van der Waals surface area contributed by atoms with E-state index >= 15 is 0 Å².